The van der Waals surface area contributed by atoms with Gasteiger partial charge >= 0.3 is 6.18 Å². The van der Waals surface area contributed by atoms with Gasteiger partial charge in [0.05, 0.1) is 16.4 Å². The molecule has 2 aliphatic heterocycles. The molecule has 2 saturated heterocycles. The number of hydrogen-bond acceptors (Lipinski definition) is 4. The van der Waals surface area contributed by atoms with Gasteiger partial charge in [-0.3, -0.25) is 9.79 Å². The zero-order valence-electron chi connectivity index (χ0n) is 19.3. The van der Waals surface area contributed by atoms with Crippen LogP contribution < -0.4 is 0 Å². The molecule has 0 bridgehead atoms. The summed E-state index contributed by atoms with van der Waals surface area (Å²) in [6.07, 6.45) is -1.05. The first kappa shape index (κ1) is 25.4. The zero-order valence-corrected chi connectivity index (χ0v) is 20.1. The van der Waals surface area contributed by atoms with Gasteiger partial charge in [-0.15, -0.1) is 0 Å². The number of benzene rings is 2. The van der Waals surface area contributed by atoms with Crippen LogP contribution in [0.4, 0.5) is 18.9 Å². The van der Waals surface area contributed by atoms with Crippen molar-refractivity contribution in [2.75, 3.05) is 26.2 Å². The lowest BCUT2D eigenvalue weighted by atomic mass is 10.0. The Balaban J connectivity index is 1.49. The van der Waals surface area contributed by atoms with E-state index in [1.54, 1.807) is 48.5 Å². The summed E-state index contributed by atoms with van der Waals surface area (Å²) in [5.41, 5.74) is -0.130. The Bertz CT molecular complexity index is 1090. The first-order chi connectivity index (χ1) is 16.7. The Morgan fingerprint density at radius 2 is 1.57 bits per heavy atom. The van der Waals surface area contributed by atoms with Gasteiger partial charge < -0.3 is 15.2 Å². The molecule has 2 heterocycles. The molecule has 0 spiro atoms. The number of nitrogens with zero attached hydrogens (tertiary/aromatic N) is 3. The van der Waals surface area contributed by atoms with Crippen LogP contribution >= 0.6 is 11.6 Å². The molecule has 0 aliphatic carbocycles. The second kappa shape index (κ2) is 10.9. The van der Waals surface area contributed by atoms with E-state index in [1.165, 1.54) is 12.8 Å². The van der Waals surface area contributed by atoms with Crippen LogP contribution in [0.1, 0.15) is 48.0 Å². The molecule has 1 N–H and O–H groups in total. The zero-order chi connectivity index (χ0) is 25.0. The van der Waals surface area contributed by atoms with E-state index in [1.807, 2.05) is 4.90 Å². The Morgan fingerprint density at radius 3 is 2.17 bits per heavy atom. The molecule has 186 valence electrons. The molecule has 2 aromatic carbocycles. The quantitative estimate of drug-likeness (QED) is 0.481. The van der Waals surface area contributed by atoms with Gasteiger partial charge in [0.1, 0.15) is 5.71 Å². The minimum atomic E-state index is -4.75. The van der Waals surface area contributed by atoms with Crippen LogP contribution in [0.25, 0.3) is 0 Å². The van der Waals surface area contributed by atoms with E-state index in [0.29, 0.717) is 41.0 Å². The fourth-order valence-corrected chi connectivity index (χ4v) is 4.87. The van der Waals surface area contributed by atoms with E-state index in [2.05, 4.69) is 9.89 Å². The number of piperidine rings is 1. The Hall–Kier alpha value is -2.71. The lowest BCUT2D eigenvalue weighted by molar-refractivity contribution is -0.0605. The van der Waals surface area contributed by atoms with Crippen molar-refractivity contribution in [3.8, 4) is 0 Å². The fourth-order valence-electron chi connectivity index (χ4n) is 4.69. The van der Waals surface area contributed by atoms with Crippen molar-refractivity contribution in [1.29, 1.82) is 5.41 Å². The van der Waals surface area contributed by atoms with Crippen LogP contribution in [-0.2, 0) is 0 Å². The Morgan fingerprint density at radius 1 is 0.971 bits per heavy atom. The highest BCUT2D eigenvalue weighted by Crippen LogP contribution is 2.28. The summed E-state index contributed by atoms with van der Waals surface area (Å²) in [6, 6.07) is 13.5. The van der Waals surface area contributed by atoms with Crippen LogP contribution in [0, 0.1) is 5.41 Å². The summed E-state index contributed by atoms with van der Waals surface area (Å²) in [5, 5.41) is 7.76. The second-order valence-corrected chi connectivity index (χ2v) is 9.41. The molecule has 0 unspecified atom stereocenters. The molecule has 2 fully saturated rings. The third-order valence-corrected chi connectivity index (χ3v) is 6.99. The molecule has 0 saturated carbocycles. The number of carbonyl (C=O) groups is 1. The van der Waals surface area contributed by atoms with Crippen molar-refractivity contribution in [2.45, 2.75) is 44.3 Å². The smallest absolute Gasteiger partial charge is 0.339 e. The number of amides is 1. The molecule has 35 heavy (non-hydrogen) atoms. The predicted molar refractivity (Wildman–Crippen MR) is 132 cm³/mol. The highest BCUT2D eigenvalue weighted by atomic mass is 35.5. The molecule has 2 aliphatic rings. The summed E-state index contributed by atoms with van der Waals surface area (Å²) in [4.78, 5) is 21.7. The molecular formula is C26H28ClF3N4O. The van der Waals surface area contributed by atoms with Gasteiger partial charge in [0, 0.05) is 31.1 Å². The first-order valence-corrected chi connectivity index (χ1v) is 12.2. The van der Waals surface area contributed by atoms with Crippen LogP contribution in [0.3, 0.4) is 0 Å². The summed E-state index contributed by atoms with van der Waals surface area (Å²) in [6.45, 7) is 3.68. The number of halogens is 4. The van der Waals surface area contributed by atoms with Crippen molar-refractivity contribution >= 4 is 34.6 Å². The maximum absolute atomic E-state index is 13.1. The van der Waals surface area contributed by atoms with E-state index in [4.69, 9.17) is 17.0 Å². The lowest BCUT2D eigenvalue weighted by Crippen LogP contribution is -2.45. The molecule has 0 atom stereocenters. The van der Waals surface area contributed by atoms with Gasteiger partial charge in [0.15, 0.2) is 0 Å². The van der Waals surface area contributed by atoms with E-state index in [0.717, 1.165) is 25.9 Å². The maximum Gasteiger partial charge on any atom is 0.429 e. The van der Waals surface area contributed by atoms with Gasteiger partial charge in [-0.1, -0.05) is 35.9 Å². The summed E-state index contributed by atoms with van der Waals surface area (Å²) in [7, 11) is 0. The summed E-state index contributed by atoms with van der Waals surface area (Å²) < 4.78 is 39.3. The van der Waals surface area contributed by atoms with Crippen LogP contribution in [0.5, 0.6) is 0 Å². The maximum atomic E-state index is 13.1. The van der Waals surface area contributed by atoms with E-state index in [9.17, 15) is 18.0 Å². The summed E-state index contributed by atoms with van der Waals surface area (Å²) >= 11 is 6.15. The SMILES string of the molecule is N=C(CC(=Nc1ccccc1Cl)c1ccc(C(=O)N2CCC(N3CCCC3)CC2)cc1)C(F)(F)F. The molecule has 0 aromatic heterocycles. The van der Waals surface area contributed by atoms with Crippen molar-refractivity contribution < 1.29 is 18.0 Å². The lowest BCUT2D eigenvalue weighted by Gasteiger charge is -2.36. The second-order valence-electron chi connectivity index (χ2n) is 9.01. The number of para-hydroxylation sites is 1. The third kappa shape index (κ3) is 6.30. The van der Waals surface area contributed by atoms with Crippen LogP contribution in [0.2, 0.25) is 5.02 Å². The van der Waals surface area contributed by atoms with Gasteiger partial charge in [-0.2, -0.15) is 13.2 Å². The number of likely N-dealkylation sites (tertiary alicyclic amines) is 2. The highest BCUT2D eigenvalue weighted by molar-refractivity contribution is 6.33. The molecule has 9 heteroatoms. The molecular weight excluding hydrogens is 477 g/mol. The van der Waals surface area contributed by atoms with Crippen molar-refractivity contribution in [1.82, 2.24) is 9.80 Å². The van der Waals surface area contributed by atoms with Gasteiger partial charge in [-0.25, -0.2) is 0 Å². The average Bonchev–Trinajstić information content (AvgIpc) is 3.39. The van der Waals surface area contributed by atoms with Crippen molar-refractivity contribution in [2.24, 2.45) is 4.99 Å². The Kier molecular flexibility index (Phi) is 7.91. The first-order valence-electron chi connectivity index (χ1n) is 11.8. The van der Waals surface area contributed by atoms with Crippen molar-refractivity contribution in [3.63, 3.8) is 0 Å². The minimum absolute atomic E-state index is 0.0610. The fraction of sp³-hybridized carbons (Fsp3) is 0.423. The van der Waals surface area contributed by atoms with E-state index >= 15 is 0 Å². The molecule has 0 radical (unpaired) electrons. The standard InChI is InChI=1S/C26H28ClF3N4O/c27-21-5-1-2-6-22(21)32-23(17-24(31)26(28,29)30)18-7-9-19(10-8-18)25(35)34-15-11-20(12-16-34)33-13-3-4-14-33/h1-2,5-10,20,31H,3-4,11-17H2. The Labute approximate surface area is 208 Å². The van der Waals surface area contributed by atoms with Crippen LogP contribution in [-0.4, -0.2) is 65.5 Å². The predicted octanol–water partition coefficient (Wildman–Crippen LogP) is 6.13. The summed E-state index contributed by atoms with van der Waals surface area (Å²) in [5.74, 6) is -0.0796. The number of aliphatic imine (C=N–C) groups is 1. The highest BCUT2D eigenvalue weighted by Gasteiger charge is 2.35. The normalized spacial score (nSPS) is 18.2. The van der Waals surface area contributed by atoms with Gasteiger partial charge in [-0.05, 0) is 68.6 Å². The molecule has 4 rings (SSSR count). The van der Waals surface area contributed by atoms with Crippen LogP contribution in [0.15, 0.2) is 53.5 Å². The minimum Gasteiger partial charge on any atom is -0.339 e. The monoisotopic (exact) mass is 504 g/mol. The largest absolute Gasteiger partial charge is 0.429 e. The van der Waals surface area contributed by atoms with Gasteiger partial charge in [0.25, 0.3) is 5.91 Å². The van der Waals surface area contributed by atoms with Crippen molar-refractivity contribution in [3.05, 3.63) is 64.7 Å². The number of carbonyl (C=O) groups excluding carboxylic acids is 1. The topological polar surface area (TPSA) is 59.8 Å². The molecule has 1 amide bonds. The average molecular weight is 505 g/mol. The number of alkyl halides is 3. The number of hydrogen-bond donors (Lipinski definition) is 1. The molecule has 2 aromatic rings. The number of rotatable bonds is 6. The van der Waals surface area contributed by atoms with Gasteiger partial charge in [0.2, 0.25) is 0 Å². The van der Waals surface area contributed by atoms with E-state index < -0.39 is 18.3 Å². The number of nitrogens with one attached hydrogen (secondary N) is 1. The van der Waals surface area contributed by atoms with E-state index in [-0.39, 0.29) is 11.6 Å². The molecule has 5 nitrogen and oxygen atoms in total. The third-order valence-electron chi connectivity index (χ3n) is 6.67.